The van der Waals surface area contributed by atoms with Gasteiger partial charge >= 0.3 is 0 Å². The molecule has 0 spiro atoms. The standard InChI is InChI=1S/C9H16.C2H6.C2H2/c1-6-8(4)9(5)7(2)3;2*1-2/h6-7,9H,1,4H2,2-3,5H3;1-2H3;1-2H. The van der Waals surface area contributed by atoms with Crippen LogP contribution in [-0.2, 0) is 0 Å². The molecule has 0 heteroatoms. The third-order valence-electron chi connectivity index (χ3n) is 1.85. The summed E-state index contributed by atoms with van der Waals surface area (Å²) < 4.78 is 0. The molecule has 0 aliphatic rings. The molecule has 76 valence electrons. The predicted octanol–water partition coefficient (Wildman–Crippen LogP) is 4.30. The van der Waals surface area contributed by atoms with Gasteiger partial charge in [-0.2, -0.15) is 0 Å². The first-order valence-corrected chi connectivity index (χ1v) is 4.74. The molecule has 0 aromatic rings. The Morgan fingerprint density at radius 1 is 1.15 bits per heavy atom. The normalized spacial score (nSPS) is 9.85. The number of terminal acetylenes is 1. The van der Waals surface area contributed by atoms with Crippen molar-refractivity contribution in [3.63, 3.8) is 0 Å². The van der Waals surface area contributed by atoms with Crippen LogP contribution in [-0.4, -0.2) is 0 Å². The van der Waals surface area contributed by atoms with Gasteiger partial charge in [0, 0.05) is 0 Å². The van der Waals surface area contributed by atoms with Gasteiger partial charge in [0.1, 0.15) is 0 Å². The van der Waals surface area contributed by atoms with E-state index in [-0.39, 0.29) is 0 Å². The van der Waals surface area contributed by atoms with Crippen LogP contribution in [0.3, 0.4) is 0 Å². The van der Waals surface area contributed by atoms with Gasteiger partial charge in [-0.05, 0) is 11.8 Å². The number of allylic oxidation sites excluding steroid dienone is 2. The van der Waals surface area contributed by atoms with Gasteiger partial charge in [0.25, 0.3) is 0 Å². The lowest BCUT2D eigenvalue weighted by molar-refractivity contribution is 0.489. The van der Waals surface area contributed by atoms with E-state index >= 15 is 0 Å². The molecule has 0 fully saturated rings. The fourth-order valence-corrected chi connectivity index (χ4v) is 0.614. The van der Waals surface area contributed by atoms with E-state index in [1.54, 1.807) is 0 Å². The largest absolute Gasteiger partial charge is 0.124 e. The van der Waals surface area contributed by atoms with Gasteiger partial charge in [0.15, 0.2) is 0 Å². The third-order valence-corrected chi connectivity index (χ3v) is 1.85. The molecule has 0 saturated heterocycles. The number of hydrogen-bond acceptors (Lipinski definition) is 0. The van der Waals surface area contributed by atoms with E-state index in [1.807, 2.05) is 19.9 Å². The molecule has 1 unspecified atom stereocenters. The van der Waals surface area contributed by atoms with Crippen LogP contribution in [0, 0.1) is 24.7 Å². The minimum atomic E-state index is 0.572. The highest BCUT2D eigenvalue weighted by atomic mass is 14.1. The SMILES string of the molecule is C#C.C=CC(=C)C(C)C(C)C.CC. The second-order valence-corrected chi connectivity index (χ2v) is 2.81. The fraction of sp³-hybridized carbons (Fsp3) is 0.538. The molecular formula is C13H24. The lowest BCUT2D eigenvalue weighted by Crippen LogP contribution is -2.04. The lowest BCUT2D eigenvalue weighted by Gasteiger charge is -2.14. The lowest BCUT2D eigenvalue weighted by atomic mass is 9.91. The number of hydrogen-bond donors (Lipinski definition) is 0. The van der Waals surface area contributed by atoms with Crippen molar-refractivity contribution in [1.82, 2.24) is 0 Å². The van der Waals surface area contributed by atoms with Crippen molar-refractivity contribution in [1.29, 1.82) is 0 Å². The quantitative estimate of drug-likeness (QED) is 0.449. The van der Waals surface area contributed by atoms with E-state index < -0.39 is 0 Å². The second-order valence-electron chi connectivity index (χ2n) is 2.81. The van der Waals surface area contributed by atoms with Crippen molar-refractivity contribution in [2.24, 2.45) is 11.8 Å². The van der Waals surface area contributed by atoms with Crippen LogP contribution in [0.25, 0.3) is 0 Å². The molecule has 0 aromatic heterocycles. The minimum absolute atomic E-state index is 0.572. The number of rotatable bonds is 3. The molecule has 0 saturated carbocycles. The van der Waals surface area contributed by atoms with E-state index in [1.165, 1.54) is 0 Å². The molecule has 0 aliphatic carbocycles. The minimum Gasteiger partial charge on any atom is -0.124 e. The monoisotopic (exact) mass is 180 g/mol. The van der Waals surface area contributed by atoms with Crippen LogP contribution in [0.15, 0.2) is 24.8 Å². The first kappa shape index (κ1) is 18.0. The molecular weight excluding hydrogens is 156 g/mol. The molecule has 13 heavy (non-hydrogen) atoms. The maximum absolute atomic E-state index is 4.00. The predicted molar refractivity (Wildman–Crippen MR) is 64.6 cm³/mol. The highest BCUT2D eigenvalue weighted by Gasteiger charge is 2.06. The Morgan fingerprint density at radius 3 is 1.54 bits per heavy atom. The molecule has 0 radical (unpaired) electrons. The zero-order chi connectivity index (χ0) is 11.4. The highest BCUT2D eigenvalue weighted by Crippen LogP contribution is 2.17. The summed E-state index contributed by atoms with van der Waals surface area (Å²) in [7, 11) is 0. The van der Waals surface area contributed by atoms with Crippen molar-refractivity contribution >= 4 is 0 Å². The zero-order valence-electron chi connectivity index (χ0n) is 9.80. The van der Waals surface area contributed by atoms with Crippen LogP contribution < -0.4 is 0 Å². The third kappa shape index (κ3) is 11.0. The van der Waals surface area contributed by atoms with E-state index in [2.05, 4.69) is 46.8 Å². The van der Waals surface area contributed by atoms with Crippen LogP contribution >= 0.6 is 0 Å². The van der Waals surface area contributed by atoms with Gasteiger partial charge < -0.3 is 0 Å². The molecule has 0 nitrogen and oxygen atoms in total. The molecule has 1 atom stereocenters. The summed E-state index contributed by atoms with van der Waals surface area (Å²) in [6, 6.07) is 0. The first-order valence-electron chi connectivity index (χ1n) is 4.74. The summed E-state index contributed by atoms with van der Waals surface area (Å²) in [6.07, 6.45) is 9.84. The molecule has 0 bridgehead atoms. The fourth-order valence-electron chi connectivity index (χ4n) is 0.614. The maximum Gasteiger partial charge on any atom is -0.0173 e. The zero-order valence-corrected chi connectivity index (χ0v) is 9.80. The highest BCUT2D eigenvalue weighted by molar-refractivity contribution is 5.14. The molecule has 0 amide bonds. The van der Waals surface area contributed by atoms with Crippen LogP contribution in [0.4, 0.5) is 0 Å². The Hall–Kier alpha value is -0.960. The summed E-state index contributed by atoms with van der Waals surface area (Å²) in [5.41, 5.74) is 1.14. The maximum atomic E-state index is 4.00. The molecule has 0 heterocycles. The van der Waals surface area contributed by atoms with Crippen molar-refractivity contribution in [2.75, 3.05) is 0 Å². The van der Waals surface area contributed by atoms with Gasteiger partial charge in [0.2, 0.25) is 0 Å². The van der Waals surface area contributed by atoms with Crippen molar-refractivity contribution < 1.29 is 0 Å². The average Bonchev–Trinajstić information content (AvgIpc) is 2.21. The summed E-state index contributed by atoms with van der Waals surface area (Å²) in [4.78, 5) is 0. The van der Waals surface area contributed by atoms with E-state index in [9.17, 15) is 0 Å². The summed E-state index contributed by atoms with van der Waals surface area (Å²) in [5, 5.41) is 0. The van der Waals surface area contributed by atoms with E-state index in [0.717, 1.165) is 5.57 Å². The van der Waals surface area contributed by atoms with Gasteiger partial charge in [-0.25, -0.2) is 0 Å². The van der Waals surface area contributed by atoms with Crippen molar-refractivity contribution in [2.45, 2.75) is 34.6 Å². The average molecular weight is 180 g/mol. The Labute approximate surface area is 84.8 Å². The van der Waals surface area contributed by atoms with Crippen LogP contribution in [0.5, 0.6) is 0 Å². The smallest absolute Gasteiger partial charge is 0.0173 e. The molecule has 0 aromatic carbocycles. The molecule has 0 rings (SSSR count). The summed E-state index contributed by atoms with van der Waals surface area (Å²) in [5.74, 6) is 1.25. The molecule has 0 aliphatic heterocycles. The van der Waals surface area contributed by atoms with Gasteiger partial charge in [-0.15, -0.1) is 12.8 Å². The van der Waals surface area contributed by atoms with Crippen LogP contribution in [0.1, 0.15) is 34.6 Å². The van der Waals surface area contributed by atoms with Crippen molar-refractivity contribution in [3.8, 4) is 12.8 Å². The van der Waals surface area contributed by atoms with E-state index in [4.69, 9.17) is 0 Å². The molecule has 0 N–H and O–H groups in total. The Kier molecular flexibility index (Phi) is 18.8. The Bertz CT molecular complexity index is 137. The topological polar surface area (TPSA) is 0 Å². The van der Waals surface area contributed by atoms with Gasteiger partial charge in [0.05, 0.1) is 0 Å². The van der Waals surface area contributed by atoms with Gasteiger partial charge in [-0.1, -0.05) is 59.4 Å². The van der Waals surface area contributed by atoms with Crippen LogP contribution in [0.2, 0.25) is 0 Å². The second kappa shape index (κ2) is 13.6. The Balaban J connectivity index is -0.000000218. The van der Waals surface area contributed by atoms with Crippen molar-refractivity contribution in [3.05, 3.63) is 24.8 Å². The summed E-state index contributed by atoms with van der Waals surface area (Å²) >= 11 is 0. The van der Waals surface area contributed by atoms with Gasteiger partial charge in [-0.3, -0.25) is 0 Å². The Morgan fingerprint density at radius 2 is 1.46 bits per heavy atom. The first-order chi connectivity index (χ1) is 6.09. The van der Waals surface area contributed by atoms with E-state index in [0.29, 0.717) is 11.8 Å². The summed E-state index contributed by atoms with van der Waals surface area (Å²) in [6.45, 7) is 18.1.